The number of carbonyl (C=O) groups is 3. The van der Waals surface area contributed by atoms with Crippen molar-refractivity contribution in [2.45, 2.75) is 70.1 Å². The van der Waals surface area contributed by atoms with Crippen LogP contribution in [0.25, 0.3) is 0 Å². The minimum atomic E-state index is -1.00. The van der Waals surface area contributed by atoms with Crippen LogP contribution in [0, 0.1) is 17.2 Å². The Labute approximate surface area is 246 Å². The molecule has 11 heteroatoms. The van der Waals surface area contributed by atoms with Crippen LogP contribution in [0.3, 0.4) is 0 Å². The fourth-order valence-corrected chi connectivity index (χ4v) is 6.56. The van der Waals surface area contributed by atoms with Crippen molar-refractivity contribution in [3.63, 3.8) is 0 Å². The van der Waals surface area contributed by atoms with Crippen LogP contribution in [0.5, 0.6) is 0 Å². The minimum absolute atomic E-state index is 0.00932. The Kier molecular flexibility index (Phi) is 10.8. The molecule has 4 atom stereocenters. The lowest BCUT2D eigenvalue weighted by molar-refractivity contribution is -0.143. The molecule has 2 aliphatic rings. The molecule has 0 aliphatic carbocycles. The van der Waals surface area contributed by atoms with Crippen LogP contribution < -0.4 is 5.32 Å². The molecule has 0 spiro atoms. The number of nitrogens with one attached hydrogen (secondary N) is 1. The van der Waals surface area contributed by atoms with Gasteiger partial charge in [-0.05, 0) is 67.9 Å². The summed E-state index contributed by atoms with van der Waals surface area (Å²) in [7, 11) is 0. The minimum Gasteiger partial charge on any atom is -0.480 e. The van der Waals surface area contributed by atoms with E-state index in [1.807, 2.05) is 27.9 Å². The van der Waals surface area contributed by atoms with Crippen molar-refractivity contribution in [3.8, 4) is 6.07 Å². The Hall–Kier alpha value is -3.36. The van der Waals surface area contributed by atoms with Crippen LogP contribution in [-0.2, 0) is 27.3 Å². The number of carbonyl (C=O) groups excluding carboxylic acids is 2. The van der Waals surface area contributed by atoms with Crippen molar-refractivity contribution in [3.05, 3.63) is 53.6 Å². The third kappa shape index (κ3) is 7.68. The first kappa shape index (κ1) is 30.6. The third-order valence-electron chi connectivity index (χ3n) is 8.35. The summed E-state index contributed by atoms with van der Waals surface area (Å²) < 4.78 is 1.97. The van der Waals surface area contributed by atoms with Crippen LogP contribution >= 0.6 is 11.8 Å². The summed E-state index contributed by atoms with van der Waals surface area (Å²) in [5.41, 5.74) is 2.46. The quantitative estimate of drug-likeness (QED) is 0.370. The van der Waals surface area contributed by atoms with Gasteiger partial charge in [0.2, 0.25) is 11.8 Å². The van der Waals surface area contributed by atoms with E-state index in [0.29, 0.717) is 37.4 Å². The lowest BCUT2D eigenvalue weighted by Crippen LogP contribution is -2.54. The molecular weight excluding hydrogens is 540 g/mol. The number of imidazole rings is 1. The summed E-state index contributed by atoms with van der Waals surface area (Å²) >= 11 is 1.56. The number of aliphatic carboxylic acids is 1. The maximum atomic E-state index is 13.5. The normalized spacial score (nSPS) is 21.5. The van der Waals surface area contributed by atoms with Gasteiger partial charge in [0.1, 0.15) is 6.04 Å². The number of nitriles is 1. The van der Waals surface area contributed by atoms with Crippen molar-refractivity contribution >= 4 is 29.5 Å². The highest BCUT2D eigenvalue weighted by Crippen LogP contribution is 2.30. The van der Waals surface area contributed by atoms with Crippen molar-refractivity contribution < 1.29 is 19.5 Å². The Morgan fingerprint density at radius 3 is 2.68 bits per heavy atom. The molecule has 4 rings (SSSR count). The van der Waals surface area contributed by atoms with Gasteiger partial charge in [-0.3, -0.25) is 14.5 Å². The zero-order valence-corrected chi connectivity index (χ0v) is 24.7. The van der Waals surface area contributed by atoms with Crippen LogP contribution in [0.2, 0.25) is 0 Å². The van der Waals surface area contributed by atoms with Crippen LogP contribution in [0.1, 0.15) is 55.8 Å². The van der Waals surface area contributed by atoms with Crippen LogP contribution in [-0.4, -0.2) is 92.0 Å². The molecular formula is C30H40N6O4S. The van der Waals surface area contributed by atoms with Crippen molar-refractivity contribution in [2.24, 2.45) is 5.92 Å². The third-order valence-corrected chi connectivity index (χ3v) is 9.00. The largest absolute Gasteiger partial charge is 0.480 e. The van der Waals surface area contributed by atoms with E-state index in [1.54, 1.807) is 36.4 Å². The first-order chi connectivity index (χ1) is 19.8. The van der Waals surface area contributed by atoms with Gasteiger partial charge in [-0.1, -0.05) is 25.5 Å². The van der Waals surface area contributed by atoms with Gasteiger partial charge in [0, 0.05) is 37.6 Å². The van der Waals surface area contributed by atoms with Gasteiger partial charge >= 0.3 is 5.97 Å². The van der Waals surface area contributed by atoms with Gasteiger partial charge in [0.05, 0.1) is 30.4 Å². The fourth-order valence-electron chi connectivity index (χ4n) is 6.09. The summed E-state index contributed by atoms with van der Waals surface area (Å²) in [6.07, 6.45) is 9.52. The molecule has 2 amide bonds. The summed E-state index contributed by atoms with van der Waals surface area (Å²) in [5, 5.41) is 21.5. The first-order valence-electron chi connectivity index (χ1n) is 14.4. The maximum absolute atomic E-state index is 13.5. The number of hydrogen-bond donors (Lipinski definition) is 2. The maximum Gasteiger partial charge on any atom is 0.326 e. The number of rotatable bonds is 13. The van der Waals surface area contributed by atoms with Crippen molar-refractivity contribution in [2.75, 3.05) is 31.6 Å². The highest BCUT2D eigenvalue weighted by atomic mass is 32.2. The second kappa shape index (κ2) is 14.5. The van der Waals surface area contributed by atoms with E-state index >= 15 is 0 Å². The summed E-state index contributed by atoms with van der Waals surface area (Å²) in [5.74, 6) is -0.355. The molecule has 1 aromatic heterocycles. The number of thioether (sulfide) groups is 1. The molecule has 10 nitrogen and oxygen atoms in total. The number of amides is 2. The van der Waals surface area contributed by atoms with Gasteiger partial charge in [0.25, 0.3) is 0 Å². The molecule has 220 valence electrons. The standard InChI is InChI=1S/C30H40N6O4S/c1-3-23-10-13-34(28(23)29(38)33-26(30(39)40)11-14-41-2)19-24-5-4-12-36(24)27(37)15-25-17-32-20-35(25)18-22-8-6-21(16-31)7-9-22/h6-9,17,20,23-24,26,28H,3-5,10-15,18-19H2,1-2H3,(H,33,38)(H,39,40)/t23-,24?,26-,28-/m0/s1. The van der Waals surface area contributed by atoms with Crippen LogP contribution in [0.4, 0.5) is 0 Å². The van der Waals surface area contributed by atoms with Gasteiger partial charge in [0.15, 0.2) is 0 Å². The first-order valence-corrected chi connectivity index (χ1v) is 15.8. The highest BCUT2D eigenvalue weighted by molar-refractivity contribution is 7.98. The van der Waals surface area contributed by atoms with E-state index in [4.69, 9.17) is 5.26 Å². The summed E-state index contributed by atoms with van der Waals surface area (Å²) in [6, 6.07) is 8.25. The molecule has 1 unspecified atom stereocenters. The molecule has 0 bridgehead atoms. The number of nitrogens with zero attached hydrogens (tertiary/aromatic N) is 5. The Morgan fingerprint density at radius 1 is 1.22 bits per heavy atom. The average Bonchev–Trinajstić information content (AvgIpc) is 3.72. The van der Waals surface area contributed by atoms with E-state index in [9.17, 15) is 19.5 Å². The lowest BCUT2D eigenvalue weighted by Gasteiger charge is -2.33. The zero-order chi connectivity index (χ0) is 29.4. The van der Waals surface area contributed by atoms with E-state index in [1.165, 1.54) is 0 Å². The monoisotopic (exact) mass is 580 g/mol. The number of aromatic nitrogens is 2. The Balaban J connectivity index is 1.40. The summed E-state index contributed by atoms with van der Waals surface area (Å²) in [4.78, 5) is 47.1. The number of benzene rings is 1. The second-order valence-corrected chi connectivity index (χ2v) is 11.9. The molecule has 2 N–H and O–H groups in total. The van der Waals surface area contributed by atoms with Crippen molar-refractivity contribution in [1.82, 2.24) is 24.7 Å². The summed E-state index contributed by atoms with van der Waals surface area (Å²) in [6.45, 7) is 4.69. The van der Waals surface area contributed by atoms with Gasteiger partial charge < -0.3 is 19.9 Å². The average molecular weight is 581 g/mol. The van der Waals surface area contributed by atoms with E-state index in [0.717, 1.165) is 43.5 Å². The second-order valence-electron chi connectivity index (χ2n) is 11.0. The zero-order valence-electron chi connectivity index (χ0n) is 23.9. The molecule has 41 heavy (non-hydrogen) atoms. The highest BCUT2D eigenvalue weighted by Gasteiger charge is 2.42. The molecule has 1 aromatic carbocycles. The topological polar surface area (TPSA) is 132 Å². The molecule has 2 fully saturated rings. The predicted octanol–water partition coefficient (Wildman–Crippen LogP) is 2.76. The Morgan fingerprint density at radius 2 is 2.00 bits per heavy atom. The number of hydrogen-bond acceptors (Lipinski definition) is 7. The number of likely N-dealkylation sites (tertiary alicyclic amines) is 2. The molecule has 2 aliphatic heterocycles. The molecule has 0 saturated carbocycles. The number of carboxylic acid groups (broad SMARTS) is 1. The van der Waals surface area contributed by atoms with E-state index < -0.39 is 12.0 Å². The van der Waals surface area contributed by atoms with Crippen LogP contribution in [0.15, 0.2) is 36.8 Å². The SMILES string of the molecule is CC[C@H]1CCN(CC2CCCN2C(=O)Cc2cncn2Cc2ccc(C#N)cc2)[C@@H]1C(=O)N[C@@H](CCSC)C(=O)O. The Bertz CT molecular complexity index is 1240. The lowest BCUT2D eigenvalue weighted by atomic mass is 9.96. The molecule has 2 saturated heterocycles. The molecule has 3 heterocycles. The van der Waals surface area contributed by atoms with Gasteiger partial charge in [-0.15, -0.1) is 0 Å². The van der Waals surface area contributed by atoms with Crippen molar-refractivity contribution in [1.29, 1.82) is 5.26 Å². The predicted molar refractivity (Wildman–Crippen MR) is 157 cm³/mol. The fraction of sp³-hybridized carbons (Fsp3) is 0.567. The smallest absolute Gasteiger partial charge is 0.326 e. The number of carboxylic acids is 1. The van der Waals surface area contributed by atoms with Gasteiger partial charge in [-0.2, -0.15) is 17.0 Å². The van der Waals surface area contributed by atoms with E-state index in [2.05, 4.69) is 28.2 Å². The van der Waals surface area contributed by atoms with Gasteiger partial charge in [-0.25, -0.2) is 9.78 Å². The molecule has 0 radical (unpaired) electrons. The molecule has 2 aromatic rings. The van der Waals surface area contributed by atoms with E-state index in [-0.39, 0.29) is 36.2 Å².